The number of nitrogens with zero attached hydrogens (tertiary/aromatic N) is 3. The average molecular weight is 405 g/mol. The second-order valence-corrected chi connectivity index (χ2v) is 7.28. The van der Waals surface area contributed by atoms with Crippen LogP contribution in [0.25, 0.3) is 11.3 Å². The van der Waals surface area contributed by atoms with Crippen LogP contribution in [0, 0.1) is 0 Å². The van der Waals surface area contributed by atoms with Crippen molar-refractivity contribution >= 4 is 33.2 Å². The molecule has 1 aromatic carbocycles. The van der Waals surface area contributed by atoms with Crippen molar-refractivity contribution in [2.45, 2.75) is 19.9 Å². The SMILES string of the molecule is CCc1nc(CN(C)C(=O)c2cc(-c3ccc(Br)cc3)n[nH]2)cs1. The molecule has 1 amide bonds. The maximum absolute atomic E-state index is 12.5. The molecule has 24 heavy (non-hydrogen) atoms. The summed E-state index contributed by atoms with van der Waals surface area (Å²) in [6.07, 6.45) is 0.916. The molecular weight excluding hydrogens is 388 g/mol. The van der Waals surface area contributed by atoms with Crippen molar-refractivity contribution in [3.05, 3.63) is 56.6 Å². The lowest BCUT2D eigenvalue weighted by atomic mass is 10.1. The Labute approximate surface area is 152 Å². The largest absolute Gasteiger partial charge is 0.334 e. The summed E-state index contributed by atoms with van der Waals surface area (Å²) in [5, 5.41) is 10.2. The smallest absolute Gasteiger partial charge is 0.271 e. The summed E-state index contributed by atoms with van der Waals surface area (Å²) in [5.41, 5.74) is 3.10. The van der Waals surface area contributed by atoms with Crippen LogP contribution in [-0.2, 0) is 13.0 Å². The van der Waals surface area contributed by atoms with Crippen molar-refractivity contribution in [2.24, 2.45) is 0 Å². The van der Waals surface area contributed by atoms with E-state index in [9.17, 15) is 4.79 Å². The molecule has 0 bridgehead atoms. The number of aryl methyl sites for hydroxylation is 1. The average Bonchev–Trinajstić information content (AvgIpc) is 3.24. The highest BCUT2D eigenvalue weighted by Crippen LogP contribution is 2.21. The maximum atomic E-state index is 12.5. The van der Waals surface area contributed by atoms with Gasteiger partial charge in [-0.1, -0.05) is 35.0 Å². The highest BCUT2D eigenvalue weighted by molar-refractivity contribution is 9.10. The molecule has 0 atom stereocenters. The van der Waals surface area contributed by atoms with E-state index >= 15 is 0 Å². The summed E-state index contributed by atoms with van der Waals surface area (Å²) in [5.74, 6) is -0.100. The van der Waals surface area contributed by atoms with Gasteiger partial charge in [0, 0.05) is 22.5 Å². The molecule has 0 fully saturated rings. The van der Waals surface area contributed by atoms with Gasteiger partial charge >= 0.3 is 0 Å². The number of H-pyrrole nitrogens is 1. The standard InChI is InChI=1S/C17H17BrN4OS/c1-3-16-19-13(10-24-16)9-22(2)17(23)15-8-14(20-21-15)11-4-6-12(18)7-5-11/h4-8,10H,3,9H2,1-2H3,(H,20,21). The first kappa shape index (κ1) is 16.9. The summed E-state index contributed by atoms with van der Waals surface area (Å²) in [6, 6.07) is 9.59. The minimum absolute atomic E-state index is 0.100. The van der Waals surface area contributed by atoms with Crippen LogP contribution >= 0.6 is 27.3 Å². The predicted molar refractivity (Wildman–Crippen MR) is 99.0 cm³/mol. The van der Waals surface area contributed by atoms with E-state index in [4.69, 9.17) is 0 Å². The highest BCUT2D eigenvalue weighted by atomic mass is 79.9. The summed E-state index contributed by atoms with van der Waals surface area (Å²) in [6.45, 7) is 2.56. The molecule has 124 valence electrons. The monoisotopic (exact) mass is 404 g/mol. The molecule has 0 aliphatic heterocycles. The van der Waals surface area contributed by atoms with Gasteiger partial charge < -0.3 is 4.90 Å². The number of carbonyl (C=O) groups is 1. The van der Waals surface area contributed by atoms with E-state index in [1.165, 1.54) is 0 Å². The molecule has 0 aliphatic rings. The molecule has 0 radical (unpaired) electrons. The fourth-order valence-electron chi connectivity index (χ4n) is 2.30. The van der Waals surface area contributed by atoms with E-state index < -0.39 is 0 Å². The number of nitrogens with one attached hydrogen (secondary N) is 1. The number of hydrogen-bond acceptors (Lipinski definition) is 4. The number of carbonyl (C=O) groups excluding carboxylic acids is 1. The molecule has 5 nitrogen and oxygen atoms in total. The highest BCUT2D eigenvalue weighted by Gasteiger charge is 2.16. The summed E-state index contributed by atoms with van der Waals surface area (Å²) < 4.78 is 1.01. The van der Waals surface area contributed by atoms with E-state index in [2.05, 4.69) is 38.0 Å². The third-order valence-corrected chi connectivity index (χ3v) is 5.17. The van der Waals surface area contributed by atoms with E-state index in [1.807, 2.05) is 29.6 Å². The van der Waals surface area contributed by atoms with Crippen molar-refractivity contribution in [3.8, 4) is 11.3 Å². The van der Waals surface area contributed by atoms with Gasteiger partial charge in [0.2, 0.25) is 0 Å². The summed E-state index contributed by atoms with van der Waals surface area (Å²) in [7, 11) is 1.77. The van der Waals surface area contributed by atoms with Crippen molar-refractivity contribution in [1.82, 2.24) is 20.1 Å². The lowest BCUT2D eigenvalue weighted by Crippen LogP contribution is -2.26. The Kier molecular flexibility index (Phi) is 5.11. The van der Waals surface area contributed by atoms with Crippen molar-refractivity contribution in [3.63, 3.8) is 0 Å². The Morgan fingerprint density at radius 2 is 2.08 bits per heavy atom. The lowest BCUT2D eigenvalue weighted by molar-refractivity contribution is 0.0777. The van der Waals surface area contributed by atoms with Crippen LogP contribution < -0.4 is 0 Å². The first-order valence-electron chi connectivity index (χ1n) is 7.57. The first-order chi connectivity index (χ1) is 11.6. The quantitative estimate of drug-likeness (QED) is 0.694. The minimum Gasteiger partial charge on any atom is -0.334 e. The predicted octanol–water partition coefficient (Wildman–Crippen LogP) is 4.13. The van der Waals surface area contributed by atoms with Gasteiger partial charge in [-0.15, -0.1) is 11.3 Å². The Morgan fingerprint density at radius 3 is 2.75 bits per heavy atom. The number of hydrogen-bond donors (Lipinski definition) is 1. The van der Waals surface area contributed by atoms with Crippen molar-refractivity contribution in [2.75, 3.05) is 7.05 Å². The molecular formula is C17H17BrN4OS. The van der Waals surface area contributed by atoms with Crippen LogP contribution in [0.2, 0.25) is 0 Å². The van der Waals surface area contributed by atoms with Gasteiger partial charge in [0.05, 0.1) is 22.9 Å². The second-order valence-electron chi connectivity index (χ2n) is 5.42. The van der Waals surface area contributed by atoms with Crippen LogP contribution in [0.1, 0.15) is 28.1 Å². The number of aromatic amines is 1. The Morgan fingerprint density at radius 1 is 1.33 bits per heavy atom. The maximum Gasteiger partial charge on any atom is 0.271 e. The molecule has 7 heteroatoms. The van der Waals surface area contributed by atoms with Crippen molar-refractivity contribution < 1.29 is 4.79 Å². The number of thiazole rings is 1. The van der Waals surface area contributed by atoms with Gasteiger partial charge in [-0.2, -0.15) is 5.10 Å². The molecule has 3 rings (SSSR count). The third kappa shape index (κ3) is 3.73. The van der Waals surface area contributed by atoms with E-state index in [0.717, 1.165) is 32.9 Å². The second kappa shape index (κ2) is 7.27. The van der Waals surface area contributed by atoms with Gasteiger partial charge in [-0.3, -0.25) is 9.89 Å². The summed E-state index contributed by atoms with van der Waals surface area (Å²) in [4.78, 5) is 18.7. The molecule has 0 saturated carbocycles. The van der Waals surface area contributed by atoms with E-state index in [-0.39, 0.29) is 5.91 Å². The summed E-state index contributed by atoms with van der Waals surface area (Å²) >= 11 is 5.04. The van der Waals surface area contributed by atoms with E-state index in [0.29, 0.717) is 12.2 Å². The topological polar surface area (TPSA) is 61.9 Å². The van der Waals surface area contributed by atoms with Gasteiger partial charge in [0.25, 0.3) is 5.91 Å². The van der Waals surface area contributed by atoms with Crippen LogP contribution in [0.15, 0.2) is 40.2 Å². The third-order valence-electron chi connectivity index (χ3n) is 3.60. The molecule has 0 unspecified atom stereocenters. The molecule has 1 N–H and O–H groups in total. The normalized spacial score (nSPS) is 10.8. The Balaban J connectivity index is 1.71. The van der Waals surface area contributed by atoms with Crippen LogP contribution in [0.5, 0.6) is 0 Å². The van der Waals surface area contributed by atoms with Gasteiger partial charge in [-0.25, -0.2) is 4.98 Å². The zero-order valence-electron chi connectivity index (χ0n) is 13.4. The van der Waals surface area contributed by atoms with E-state index in [1.54, 1.807) is 29.4 Å². The first-order valence-corrected chi connectivity index (χ1v) is 9.24. The molecule has 0 aliphatic carbocycles. The van der Waals surface area contributed by atoms with Crippen LogP contribution in [0.4, 0.5) is 0 Å². The molecule has 0 spiro atoms. The van der Waals surface area contributed by atoms with Crippen LogP contribution in [0.3, 0.4) is 0 Å². The van der Waals surface area contributed by atoms with Gasteiger partial charge in [-0.05, 0) is 24.6 Å². The van der Waals surface area contributed by atoms with Crippen LogP contribution in [-0.4, -0.2) is 33.0 Å². The molecule has 0 saturated heterocycles. The number of halogens is 1. The molecule has 2 aromatic heterocycles. The zero-order valence-corrected chi connectivity index (χ0v) is 15.8. The lowest BCUT2D eigenvalue weighted by Gasteiger charge is -2.14. The van der Waals surface area contributed by atoms with Crippen molar-refractivity contribution in [1.29, 1.82) is 0 Å². The van der Waals surface area contributed by atoms with Gasteiger partial charge in [0.15, 0.2) is 0 Å². The molecule has 3 aromatic rings. The number of amides is 1. The Bertz CT molecular complexity index is 840. The number of aromatic nitrogens is 3. The fraction of sp³-hybridized carbons (Fsp3) is 0.235. The number of rotatable bonds is 5. The Hall–Kier alpha value is -1.99. The minimum atomic E-state index is -0.100. The molecule has 2 heterocycles. The zero-order chi connectivity index (χ0) is 17.1. The number of benzene rings is 1. The van der Waals surface area contributed by atoms with Gasteiger partial charge in [0.1, 0.15) is 5.69 Å². The fourth-order valence-corrected chi connectivity index (χ4v) is 3.30.